The van der Waals surface area contributed by atoms with E-state index in [-0.39, 0.29) is 17.4 Å². The van der Waals surface area contributed by atoms with Crippen molar-refractivity contribution in [2.45, 2.75) is 50.7 Å². The van der Waals surface area contributed by atoms with E-state index in [9.17, 15) is 9.59 Å². The van der Waals surface area contributed by atoms with Crippen molar-refractivity contribution in [3.05, 3.63) is 107 Å². The van der Waals surface area contributed by atoms with E-state index in [0.717, 1.165) is 17.5 Å². The Bertz CT molecular complexity index is 1250. The van der Waals surface area contributed by atoms with E-state index >= 15 is 0 Å². The second-order valence-electron chi connectivity index (χ2n) is 10.9. The number of hydrogen-bond donors (Lipinski definition) is 0. The second kappa shape index (κ2) is 9.79. The van der Waals surface area contributed by atoms with Crippen LogP contribution < -0.4 is 0 Å². The molecule has 0 bridgehead atoms. The number of likely N-dealkylation sites (tertiary alicyclic amines) is 1. The van der Waals surface area contributed by atoms with Crippen molar-refractivity contribution < 1.29 is 19.1 Å². The van der Waals surface area contributed by atoms with Gasteiger partial charge in [-0.05, 0) is 41.0 Å². The highest BCUT2D eigenvalue weighted by molar-refractivity contribution is 6.01. The minimum absolute atomic E-state index is 0.0479. The molecule has 2 aliphatic rings. The fraction of sp³-hybridized carbons (Fsp3) is 0.375. The van der Waals surface area contributed by atoms with Crippen molar-refractivity contribution in [1.82, 2.24) is 4.90 Å². The van der Waals surface area contributed by atoms with E-state index in [1.54, 1.807) is 0 Å². The molecule has 3 aromatic carbocycles. The van der Waals surface area contributed by atoms with E-state index < -0.39 is 23.4 Å². The molecule has 1 saturated heterocycles. The van der Waals surface area contributed by atoms with Gasteiger partial charge >= 0.3 is 11.9 Å². The quantitative estimate of drug-likeness (QED) is 0.345. The number of nitrogens with zero attached hydrogens (tertiary/aromatic N) is 1. The second-order valence-corrected chi connectivity index (χ2v) is 10.9. The molecule has 3 aromatic rings. The summed E-state index contributed by atoms with van der Waals surface area (Å²) in [6, 6.07) is 28.3. The lowest BCUT2D eigenvalue weighted by Crippen LogP contribution is -2.66. The summed E-state index contributed by atoms with van der Waals surface area (Å²) in [5, 5.41) is 0. The largest absolute Gasteiger partial charge is 0.468 e. The SMILES string of the molecule is COC(=O)C1(C(=O)OC)C[C@@H]2Cc3ccccc3C(C)(C)[C@H]2N(Cc2ccccc2)[C@@H]1c1ccccc1. The Kier molecular flexibility index (Phi) is 6.67. The average Bonchev–Trinajstić information content (AvgIpc) is 2.92. The van der Waals surface area contributed by atoms with Crippen LogP contribution in [-0.2, 0) is 37.4 Å². The highest BCUT2D eigenvalue weighted by Gasteiger charge is 2.65. The van der Waals surface area contributed by atoms with Crippen molar-refractivity contribution in [2.24, 2.45) is 11.3 Å². The molecule has 1 fully saturated rings. The summed E-state index contributed by atoms with van der Waals surface area (Å²) in [5.74, 6) is -1.03. The van der Waals surface area contributed by atoms with Crippen LogP contribution in [0.4, 0.5) is 0 Å². The first-order chi connectivity index (χ1) is 17.8. The number of esters is 2. The summed E-state index contributed by atoms with van der Waals surface area (Å²) in [6.45, 7) is 5.18. The van der Waals surface area contributed by atoms with Crippen LogP contribution in [0.5, 0.6) is 0 Å². The van der Waals surface area contributed by atoms with Crippen LogP contribution in [0, 0.1) is 11.3 Å². The number of methoxy groups -OCH3 is 2. The third-order valence-corrected chi connectivity index (χ3v) is 8.54. The van der Waals surface area contributed by atoms with Gasteiger partial charge in [0, 0.05) is 18.0 Å². The van der Waals surface area contributed by atoms with Gasteiger partial charge < -0.3 is 9.47 Å². The zero-order chi connectivity index (χ0) is 26.2. The molecule has 1 aliphatic carbocycles. The number of piperidine rings is 1. The van der Waals surface area contributed by atoms with Gasteiger partial charge in [-0.3, -0.25) is 14.5 Å². The van der Waals surface area contributed by atoms with Crippen molar-refractivity contribution in [3.63, 3.8) is 0 Å². The molecule has 192 valence electrons. The Labute approximate surface area is 219 Å². The number of carbonyl (C=O) groups is 2. The van der Waals surface area contributed by atoms with Crippen LogP contribution in [-0.4, -0.2) is 37.1 Å². The predicted octanol–water partition coefficient (Wildman–Crippen LogP) is 5.48. The van der Waals surface area contributed by atoms with Crippen molar-refractivity contribution >= 4 is 11.9 Å². The van der Waals surface area contributed by atoms with Gasteiger partial charge in [0.2, 0.25) is 0 Å². The Morgan fingerprint density at radius 1 is 0.838 bits per heavy atom. The molecule has 1 aliphatic heterocycles. The van der Waals surface area contributed by atoms with E-state index in [1.807, 2.05) is 48.5 Å². The van der Waals surface area contributed by atoms with E-state index in [1.165, 1.54) is 25.3 Å². The van der Waals surface area contributed by atoms with Gasteiger partial charge in [0.25, 0.3) is 0 Å². The average molecular weight is 498 g/mol. The van der Waals surface area contributed by atoms with Gasteiger partial charge in [0.15, 0.2) is 5.41 Å². The highest BCUT2D eigenvalue weighted by atomic mass is 16.5. The third kappa shape index (κ3) is 4.06. The van der Waals surface area contributed by atoms with Gasteiger partial charge in [0.1, 0.15) is 0 Å². The smallest absolute Gasteiger partial charge is 0.325 e. The Morgan fingerprint density at radius 2 is 1.41 bits per heavy atom. The number of fused-ring (bicyclic) bond motifs is 2. The molecule has 0 spiro atoms. The van der Waals surface area contributed by atoms with Crippen LogP contribution >= 0.6 is 0 Å². The Balaban J connectivity index is 1.79. The summed E-state index contributed by atoms with van der Waals surface area (Å²) < 4.78 is 10.8. The molecule has 37 heavy (non-hydrogen) atoms. The van der Waals surface area contributed by atoms with Crippen LogP contribution in [0.3, 0.4) is 0 Å². The standard InChI is InChI=1S/C32H35NO4/c1-31(2)26-18-12-11-17-24(26)19-25-20-32(29(34)36-3,30(35)37-4)28(23-15-9-6-10-16-23)33(27(25)31)21-22-13-7-5-8-14-22/h5-18,25,27-28H,19-21H2,1-4H3/t25-,27-,28+/m0/s1. The fourth-order valence-electron chi connectivity index (χ4n) is 7.24. The van der Waals surface area contributed by atoms with Crippen LogP contribution in [0.2, 0.25) is 0 Å². The lowest BCUT2D eigenvalue weighted by atomic mass is 9.55. The predicted molar refractivity (Wildman–Crippen MR) is 143 cm³/mol. The van der Waals surface area contributed by atoms with Crippen molar-refractivity contribution in [1.29, 1.82) is 0 Å². The number of benzene rings is 3. The van der Waals surface area contributed by atoms with Gasteiger partial charge in [-0.15, -0.1) is 0 Å². The Hall–Kier alpha value is -3.44. The molecular weight excluding hydrogens is 462 g/mol. The molecule has 0 amide bonds. The molecule has 0 saturated carbocycles. The summed E-state index contributed by atoms with van der Waals surface area (Å²) in [5.41, 5.74) is 2.91. The molecule has 5 heteroatoms. The molecule has 0 N–H and O–H groups in total. The minimum Gasteiger partial charge on any atom is -0.468 e. The molecule has 0 aromatic heterocycles. The molecule has 5 nitrogen and oxygen atoms in total. The van der Waals surface area contributed by atoms with E-state index in [0.29, 0.717) is 13.0 Å². The molecule has 3 atom stereocenters. The number of ether oxygens (including phenoxy) is 2. The minimum atomic E-state index is -1.50. The monoisotopic (exact) mass is 497 g/mol. The van der Waals surface area contributed by atoms with Gasteiger partial charge in [0.05, 0.1) is 20.3 Å². The summed E-state index contributed by atoms with van der Waals surface area (Å²) in [6.07, 6.45) is 1.15. The maximum absolute atomic E-state index is 13.8. The van der Waals surface area contributed by atoms with Gasteiger partial charge in [-0.2, -0.15) is 0 Å². The van der Waals surface area contributed by atoms with Crippen LogP contribution in [0.25, 0.3) is 0 Å². The lowest BCUT2D eigenvalue weighted by molar-refractivity contribution is -0.189. The highest BCUT2D eigenvalue weighted by Crippen LogP contribution is 2.58. The maximum Gasteiger partial charge on any atom is 0.325 e. The zero-order valence-corrected chi connectivity index (χ0v) is 22.0. The maximum atomic E-state index is 13.8. The number of rotatable bonds is 5. The lowest BCUT2D eigenvalue weighted by Gasteiger charge is -2.60. The van der Waals surface area contributed by atoms with E-state index in [4.69, 9.17) is 9.47 Å². The molecular formula is C32H35NO4. The molecule has 0 unspecified atom stereocenters. The summed E-state index contributed by atoms with van der Waals surface area (Å²) >= 11 is 0. The summed E-state index contributed by atoms with van der Waals surface area (Å²) in [7, 11) is 2.73. The number of hydrogen-bond acceptors (Lipinski definition) is 5. The summed E-state index contributed by atoms with van der Waals surface area (Å²) in [4.78, 5) is 30.0. The topological polar surface area (TPSA) is 55.8 Å². The first-order valence-corrected chi connectivity index (χ1v) is 12.9. The molecule has 0 radical (unpaired) electrons. The third-order valence-electron chi connectivity index (χ3n) is 8.54. The van der Waals surface area contributed by atoms with E-state index in [2.05, 4.69) is 55.1 Å². The fourth-order valence-corrected chi connectivity index (χ4v) is 7.24. The first kappa shape index (κ1) is 25.2. The Morgan fingerprint density at radius 3 is 2.03 bits per heavy atom. The number of carbonyl (C=O) groups excluding carboxylic acids is 2. The van der Waals surface area contributed by atoms with Gasteiger partial charge in [-0.25, -0.2) is 0 Å². The van der Waals surface area contributed by atoms with Crippen LogP contribution in [0.1, 0.15) is 48.6 Å². The van der Waals surface area contributed by atoms with Gasteiger partial charge in [-0.1, -0.05) is 98.8 Å². The zero-order valence-electron chi connectivity index (χ0n) is 22.0. The van der Waals surface area contributed by atoms with Crippen LogP contribution in [0.15, 0.2) is 84.9 Å². The van der Waals surface area contributed by atoms with Crippen molar-refractivity contribution in [2.75, 3.05) is 14.2 Å². The molecule has 1 heterocycles. The first-order valence-electron chi connectivity index (χ1n) is 12.9. The van der Waals surface area contributed by atoms with Crippen molar-refractivity contribution in [3.8, 4) is 0 Å². The molecule has 5 rings (SSSR count). The normalized spacial score (nSPS) is 23.8.